The van der Waals surface area contributed by atoms with Gasteiger partial charge in [-0.2, -0.15) is 5.10 Å². The molecule has 0 atom stereocenters. The Labute approximate surface area is 167 Å². The van der Waals surface area contributed by atoms with E-state index in [1.54, 1.807) is 29.2 Å². The summed E-state index contributed by atoms with van der Waals surface area (Å²) in [4.78, 5) is 12.7. The summed E-state index contributed by atoms with van der Waals surface area (Å²) in [5.74, 6) is 0.783. The molecule has 0 saturated carbocycles. The third-order valence-electron chi connectivity index (χ3n) is 4.07. The van der Waals surface area contributed by atoms with Gasteiger partial charge in [-0.3, -0.25) is 9.48 Å². The van der Waals surface area contributed by atoms with Crippen LogP contribution in [-0.4, -0.2) is 37.0 Å². The van der Waals surface area contributed by atoms with Crippen LogP contribution in [0.3, 0.4) is 0 Å². The molecule has 146 valence electrons. The van der Waals surface area contributed by atoms with E-state index in [0.717, 1.165) is 5.56 Å². The van der Waals surface area contributed by atoms with Gasteiger partial charge in [-0.15, -0.1) is 0 Å². The lowest BCUT2D eigenvalue weighted by molar-refractivity contribution is 0.102. The zero-order valence-corrected chi connectivity index (χ0v) is 16.5. The molecule has 0 radical (unpaired) electrons. The molecule has 0 aliphatic rings. The number of nitrogens with one attached hydrogen (secondary N) is 1. The molecule has 0 saturated heterocycles. The van der Waals surface area contributed by atoms with Gasteiger partial charge in [-0.1, -0.05) is 23.7 Å². The highest BCUT2D eigenvalue weighted by atomic mass is 35.5. The molecule has 0 bridgehead atoms. The monoisotopic (exact) mass is 401 g/mol. The van der Waals surface area contributed by atoms with Gasteiger partial charge in [0.2, 0.25) is 5.75 Å². The number of aromatic nitrogens is 2. The molecule has 2 aromatic carbocycles. The van der Waals surface area contributed by atoms with Crippen molar-refractivity contribution in [1.29, 1.82) is 0 Å². The second-order valence-corrected chi connectivity index (χ2v) is 6.33. The second kappa shape index (κ2) is 8.67. The van der Waals surface area contributed by atoms with Crippen LogP contribution in [0.4, 0.5) is 5.69 Å². The Hall–Kier alpha value is -3.19. The van der Waals surface area contributed by atoms with Crippen LogP contribution in [0.2, 0.25) is 5.02 Å². The van der Waals surface area contributed by atoms with Crippen LogP contribution in [-0.2, 0) is 6.54 Å². The second-order valence-electron chi connectivity index (χ2n) is 5.89. The average molecular weight is 402 g/mol. The number of ether oxygens (including phenoxy) is 3. The first-order chi connectivity index (χ1) is 13.5. The summed E-state index contributed by atoms with van der Waals surface area (Å²) in [5.41, 5.74) is 1.89. The molecule has 1 N–H and O–H groups in total. The summed E-state index contributed by atoms with van der Waals surface area (Å²) in [6, 6.07) is 10.8. The Morgan fingerprint density at radius 1 is 1.11 bits per heavy atom. The van der Waals surface area contributed by atoms with Crippen molar-refractivity contribution in [2.24, 2.45) is 0 Å². The summed E-state index contributed by atoms with van der Waals surface area (Å²) < 4.78 is 17.6. The number of amides is 1. The third kappa shape index (κ3) is 4.20. The SMILES string of the molecule is COc1ccc(C(=O)Nc2cnn(Cc3cccc(Cl)c3)c2)c(OC)c1OC. The van der Waals surface area contributed by atoms with E-state index in [1.807, 2.05) is 24.3 Å². The van der Waals surface area contributed by atoms with Gasteiger partial charge in [0.15, 0.2) is 11.5 Å². The topological polar surface area (TPSA) is 74.6 Å². The molecule has 28 heavy (non-hydrogen) atoms. The lowest BCUT2D eigenvalue weighted by Crippen LogP contribution is -2.13. The normalized spacial score (nSPS) is 10.4. The minimum atomic E-state index is -0.347. The van der Waals surface area contributed by atoms with Gasteiger partial charge in [0.1, 0.15) is 0 Å². The van der Waals surface area contributed by atoms with E-state index in [0.29, 0.717) is 40.1 Å². The minimum absolute atomic E-state index is 0.297. The highest BCUT2D eigenvalue weighted by molar-refractivity contribution is 6.30. The van der Waals surface area contributed by atoms with Gasteiger partial charge in [0, 0.05) is 11.2 Å². The number of anilines is 1. The molecule has 3 aromatic rings. The van der Waals surface area contributed by atoms with Crippen molar-refractivity contribution < 1.29 is 19.0 Å². The maximum absolute atomic E-state index is 12.7. The predicted molar refractivity (Wildman–Crippen MR) is 107 cm³/mol. The van der Waals surface area contributed by atoms with Gasteiger partial charge >= 0.3 is 0 Å². The first-order valence-corrected chi connectivity index (χ1v) is 8.80. The van der Waals surface area contributed by atoms with Crippen molar-refractivity contribution in [3.05, 3.63) is 64.9 Å². The predicted octanol–water partition coefficient (Wildman–Crippen LogP) is 3.86. The first kappa shape index (κ1) is 19.6. The smallest absolute Gasteiger partial charge is 0.259 e. The highest BCUT2D eigenvalue weighted by Gasteiger charge is 2.21. The van der Waals surface area contributed by atoms with Gasteiger partial charge in [-0.25, -0.2) is 0 Å². The number of methoxy groups -OCH3 is 3. The molecule has 7 nitrogen and oxygen atoms in total. The van der Waals surface area contributed by atoms with E-state index in [1.165, 1.54) is 21.3 Å². The lowest BCUT2D eigenvalue weighted by atomic mass is 10.1. The number of hydrogen-bond donors (Lipinski definition) is 1. The molecule has 1 amide bonds. The van der Waals surface area contributed by atoms with E-state index in [9.17, 15) is 4.79 Å². The largest absolute Gasteiger partial charge is 0.493 e. The molecule has 8 heteroatoms. The first-order valence-electron chi connectivity index (χ1n) is 8.43. The fourth-order valence-electron chi connectivity index (χ4n) is 2.82. The zero-order chi connectivity index (χ0) is 20.1. The summed E-state index contributed by atoms with van der Waals surface area (Å²) >= 11 is 6.01. The fraction of sp³-hybridized carbons (Fsp3) is 0.200. The van der Waals surface area contributed by atoms with Crippen LogP contribution in [0, 0.1) is 0 Å². The molecule has 1 heterocycles. The van der Waals surface area contributed by atoms with E-state index in [-0.39, 0.29) is 5.91 Å². The number of nitrogens with zero attached hydrogens (tertiary/aromatic N) is 2. The molecule has 3 rings (SSSR count). The van der Waals surface area contributed by atoms with Crippen molar-refractivity contribution in [3.63, 3.8) is 0 Å². The van der Waals surface area contributed by atoms with Gasteiger partial charge in [0.25, 0.3) is 5.91 Å². The quantitative estimate of drug-likeness (QED) is 0.650. The van der Waals surface area contributed by atoms with Crippen LogP contribution in [0.15, 0.2) is 48.8 Å². The van der Waals surface area contributed by atoms with Crippen molar-refractivity contribution >= 4 is 23.2 Å². The molecule has 0 spiro atoms. The van der Waals surface area contributed by atoms with Crippen LogP contribution >= 0.6 is 11.6 Å². The standard InChI is InChI=1S/C20H20ClN3O4/c1-26-17-8-7-16(18(27-2)19(17)28-3)20(25)23-15-10-22-24(12-15)11-13-5-4-6-14(21)9-13/h4-10,12H,11H2,1-3H3,(H,23,25). The van der Waals surface area contributed by atoms with Gasteiger partial charge in [0.05, 0.1) is 45.3 Å². The number of carbonyl (C=O) groups is 1. The van der Waals surface area contributed by atoms with E-state index in [4.69, 9.17) is 25.8 Å². The Balaban J connectivity index is 1.78. The van der Waals surface area contributed by atoms with Crippen molar-refractivity contribution in [2.45, 2.75) is 6.54 Å². The van der Waals surface area contributed by atoms with Crippen LogP contribution in [0.1, 0.15) is 15.9 Å². The van der Waals surface area contributed by atoms with Crippen molar-refractivity contribution in [3.8, 4) is 17.2 Å². The summed E-state index contributed by atoms with van der Waals surface area (Å²) in [6.07, 6.45) is 3.32. The van der Waals surface area contributed by atoms with E-state index >= 15 is 0 Å². The maximum atomic E-state index is 12.7. The number of hydrogen-bond acceptors (Lipinski definition) is 5. The Bertz CT molecular complexity index is 987. The van der Waals surface area contributed by atoms with Gasteiger partial charge in [-0.05, 0) is 29.8 Å². The Morgan fingerprint density at radius 3 is 2.57 bits per heavy atom. The van der Waals surface area contributed by atoms with Gasteiger partial charge < -0.3 is 19.5 Å². The van der Waals surface area contributed by atoms with E-state index in [2.05, 4.69) is 10.4 Å². The molecular formula is C20H20ClN3O4. The van der Waals surface area contributed by atoms with Crippen LogP contribution in [0.5, 0.6) is 17.2 Å². The number of rotatable bonds is 7. The zero-order valence-electron chi connectivity index (χ0n) is 15.7. The summed E-state index contributed by atoms with van der Waals surface area (Å²) in [6.45, 7) is 0.538. The number of benzene rings is 2. The molecule has 0 unspecified atom stereocenters. The lowest BCUT2D eigenvalue weighted by Gasteiger charge is -2.15. The molecule has 1 aromatic heterocycles. The number of halogens is 1. The molecule has 0 fully saturated rings. The van der Waals surface area contributed by atoms with Crippen molar-refractivity contribution in [1.82, 2.24) is 9.78 Å². The minimum Gasteiger partial charge on any atom is -0.493 e. The fourth-order valence-corrected chi connectivity index (χ4v) is 3.03. The van der Waals surface area contributed by atoms with Crippen LogP contribution < -0.4 is 19.5 Å². The molecular weight excluding hydrogens is 382 g/mol. The summed E-state index contributed by atoms with van der Waals surface area (Å²) in [5, 5.41) is 7.75. The van der Waals surface area contributed by atoms with Crippen LogP contribution in [0.25, 0.3) is 0 Å². The Morgan fingerprint density at radius 2 is 1.89 bits per heavy atom. The summed E-state index contributed by atoms with van der Waals surface area (Å²) in [7, 11) is 4.48. The molecule has 0 aliphatic heterocycles. The highest BCUT2D eigenvalue weighted by Crippen LogP contribution is 2.39. The molecule has 0 aliphatic carbocycles. The third-order valence-corrected chi connectivity index (χ3v) is 4.31. The number of carbonyl (C=O) groups excluding carboxylic acids is 1. The van der Waals surface area contributed by atoms with E-state index < -0.39 is 0 Å². The average Bonchev–Trinajstić information content (AvgIpc) is 3.13. The Kier molecular flexibility index (Phi) is 6.06. The maximum Gasteiger partial charge on any atom is 0.259 e. The van der Waals surface area contributed by atoms with Crippen molar-refractivity contribution in [2.75, 3.05) is 26.6 Å².